The molecule has 10 heteroatoms. The average molecular weight is 447 g/mol. The van der Waals surface area contributed by atoms with Gasteiger partial charge in [0, 0.05) is 4.47 Å². The van der Waals surface area contributed by atoms with Crippen molar-refractivity contribution in [2.75, 3.05) is 17.6 Å². The van der Waals surface area contributed by atoms with E-state index in [-0.39, 0.29) is 24.1 Å². The monoisotopic (exact) mass is 446 g/mol. The van der Waals surface area contributed by atoms with E-state index in [0.29, 0.717) is 10.8 Å². The molecule has 0 bridgehead atoms. The number of nitrogens with one attached hydrogen (secondary N) is 2. The largest absolute Gasteiger partial charge is 0.346 e. The first-order valence-electron chi connectivity index (χ1n) is 7.91. The first kappa shape index (κ1) is 19.1. The number of rotatable bonds is 7. The van der Waals surface area contributed by atoms with Crippen LogP contribution in [0.4, 0.5) is 5.69 Å². The lowest BCUT2D eigenvalue weighted by atomic mass is 10.3. The predicted octanol–water partition coefficient (Wildman–Crippen LogP) is 2.27. The average Bonchev–Trinajstić information content (AvgIpc) is 3.16. The van der Waals surface area contributed by atoms with Crippen molar-refractivity contribution >= 4 is 45.2 Å². The number of carbonyl (C=O) groups excluding carboxylic acids is 2. The molecule has 0 aliphatic heterocycles. The van der Waals surface area contributed by atoms with Gasteiger partial charge in [-0.25, -0.2) is 0 Å². The normalized spacial score (nSPS) is 10.4. The smallest absolute Gasteiger partial charge is 0.243 e. The van der Waals surface area contributed by atoms with Crippen molar-refractivity contribution in [2.24, 2.45) is 0 Å². The number of hydrogen-bond acceptors (Lipinski definition) is 6. The van der Waals surface area contributed by atoms with E-state index in [2.05, 4.69) is 42.1 Å². The number of para-hydroxylation sites is 2. The van der Waals surface area contributed by atoms with Crippen LogP contribution in [0.3, 0.4) is 0 Å². The molecular formula is C17H15BrN6O2S. The summed E-state index contributed by atoms with van der Waals surface area (Å²) in [6.45, 7) is -0.121. The Hall–Kier alpha value is -2.72. The predicted molar refractivity (Wildman–Crippen MR) is 106 cm³/mol. The van der Waals surface area contributed by atoms with Gasteiger partial charge in [-0.2, -0.15) is 4.68 Å². The number of hydrogen-bond donors (Lipinski definition) is 2. The maximum Gasteiger partial charge on any atom is 0.243 e. The zero-order valence-corrected chi connectivity index (χ0v) is 16.4. The van der Waals surface area contributed by atoms with E-state index in [0.717, 1.165) is 10.2 Å². The van der Waals surface area contributed by atoms with Gasteiger partial charge >= 0.3 is 0 Å². The summed E-state index contributed by atoms with van der Waals surface area (Å²) >= 11 is 4.54. The fourth-order valence-electron chi connectivity index (χ4n) is 2.12. The van der Waals surface area contributed by atoms with Crippen molar-refractivity contribution in [1.29, 1.82) is 0 Å². The van der Waals surface area contributed by atoms with E-state index in [1.54, 1.807) is 10.7 Å². The minimum atomic E-state index is -0.311. The number of thioether (sulfide) groups is 1. The molecule has 0 atom stereocenters. The molecule has 138 valence electrons. The second-order valence-corrected chi connectivity index (χ2v) is 7.10. The van der Waals surface area contributed by atoms with Crippen molar-refractivity contribution in [3.05, 3.63) is 59.1 Å². The molecule has 0 saturated carbocycles. The van der Waals surface area contributed by atoms with Crippen LogP contribution < -0.4 is 10.6 Å². The molecule has 8 nitrogen and oxygen atoms in total. The zero-order chi connectivity index (χ0) is 19.1. The van der Waals surface area contributed by atoms with E-state index in [9.17, 15) is 9.59 Å². The van der Waals surface area contributed by atoms with Gasteiger partial charge < -0.3 is 10.6 Å². The zero-order valence-electron chi connectivity index (χ0n) is 14.0. The van der Waals surface area contributed by atoms with Crippen molar-refractivity contribution in [3.8, 4) is 5.69 Å². The Morgan fingerprint density at radius 2 is 1.78 bits per heavy atom. The number of benzene rings is 2. The number of amides is 2. The molecule has 3 aromatic rings. The fraction of sp³-hybridized carbons (Fsp3) is 0.118. The summed E-state index contributed by atoms with van der Waals surface area (Å²) in [5, 5.41) is 17.3. The molecule has 0 aliphatic rings. The summed E-state index contributed by atoms with van der Waals surface area (Å²) in [5.41, 5.74) is 1.45. The number of carbonyl (C=O) groups is 2. The molecular weight excluding hydrogens is 432 g/mol. The van der Waals surface area contributed by atoms with Gasteiger partial charge in [-0.15, -0.1) is 5.10 Å². The van der Waals surface area contributed by atoms with Gasteiger partial charge in [0.1, 0.15) is 0 Å². The fourth-order valence-corrected chi connectivity index (χ4v) is 3.22. The summed E-state index contributed by atoms with van der Waals surface area (Å²) in [6.07, 6.45) is 0. The van der Waals surface area contributed by atoms with Crippen molar-refractivity contribution < 1.29 is 9.59 Å². The highest BCUT2D eigenvalue weighted by molar-refractivity contribution is 9.10. The van der Waals surface area contributed by atoms with Gasteiger partial charge in [-0.1, -0.05) is 42.1 Å². The summed E-state index contributed by atoms with van der Waals surface area (Å²) in [5.74, 6) is -0.505. The van der Waals surface area contributed by atoms with Gasteiger partial charge in [0.2, 0.25) is 17.0 Å². The van der Waals surface area contributed by atoms with Crippen LogP contribution in [-0.2, 0) is 9.59 Å². The number of halogens is 1. The van der Waals surface area contributed by atoms with Gasteiger partial charge in [0.15, 0.2) is 0 Å². The van der Waals surface area contributed by atoms with Crippen LogP contribution in [0.25, 0.3) is 5.69 Å². The lowest BCUT2D eigenvalue weighted by Crippen LogP contribution is -2.34. The SMILES string of the molecule is O=C(CSc1nnnn1-c1ccccc1)NCC(=O)Nc1ccccc1Br. The minimum absolute atomic E-state index is 0.0928. The standard InChI is InChI=1S/C17H15BrN6O2S/c18-13-8-4-5-9-14(13)20-15(25)10-19-16(26)11-27-17-21-22-23-24(17)12-6-2-1-3-7-12/h1-9H,10-11H2,(H,19,26)(H,20,25). The number of nitrogens with zero attached hydrogens (tertiary/aromatic N) is 4. The molecule has 0 unspecified atom stereocenters. The molecule has 1 heterocycles. The Morgan fingerprint density at radius 3 is 2.56 bits per heavy atom. The molecule has 2 aromatic carbocycles. The summed E-state index contributed by atoms with van der Waals surface area (Å²) in [4.78, 5) is 24.0. The number of anilines is 1. The van der Waals surface area contributed by atoms with Crippen molar-refractivity contribution in [3.63, 3.8) is 0 Å². The van der Waals surface area contributed by atoms with Crippen LogP contribution in [0, 0.1) is 0 Å². The van der Waals surface area contributed by atoms with Crippen LogP contribution in [0.2, 0.25) is 0 Å². The minimum Gasteiger partial charge on any atom is -0.346 e. The van der Waals surface area contributed by atoms with Crippen LogP contribution in [-0.4, -0.2) is 44.3 Å². The molecule has 0 spiro atoms. The first-order chi connectivity index (χ1) is 13.1. The Kier molecular flexibility index (Phi) is 6.55. The number of tetrazole rings is 1. The number of aromatic nitrogens is 4. The van der Waals surface area contributed by atoms with E-state index in [1.807, 2.05) is 48.5 Å². The van der Waals surface area contributed by atoms with E-state index >= 15 is 0 Å². The molecule has 3 rings (SSSR count). The second-order valence-electron chi connectivity index (χ2n) is 5.30. The van der Waals surface area contributed by atoms with Crippen molar-refractivity contribution in [2.45, 2.75) is 5.16 Å². The maximum absolute atomic E-state index is 12.0. The highest BCUT2D eigenvalue weighted by Crippen LogP contribution is 2.21. The molecule has 0 fully saturated rings. The van der Waals surface area contributed by atoms with E-state index < -0.39 is 0 Å². The quantitative estimate of drug-likeness (QED) is 0.539. The highest BCUT2D eigenvalue weighted by atomic mass is 79.9. The Balaban J connectivity index is 1.47. The topological polar surface area (TPSA) is 102 Å². The molecule has 2 amide bonds. The van der Waals surface area contributed by atoms with E-state index in [1.165, 1.54) is 11.8 Å². The van der Waals surface area contributed by atoms with Crippen molar-refractivity contribution in [1.82, 2.24) is 25.5 Å². The third kappa shape index (κ3) is 5.38. The molecule has 0 aliphatic carbocycles. The third-order valence-electron chi connectivity index (χ3n) is 3.37. The van der Waals surface area contributed by atoms with Gasteiger partial charge in [0.05, 0.1) is 23.7 Å². The second kappa shape index (κ2) is 9.28. The highest BCUT2D eigenvalue weighted by Gasteiger charge is 2.12. The van der Waals surface area contributed by atoms with Crippen LogP contribution in [0.1, 0.15) is 0 Å². The van der Waals surface area contributed by atoms with Gasteiger partial charge in [0.25, 0.3) is 0 Å². The summed E-state index contributed by atoms with van der Waals surface area (Å²) in [6, 6.07) is 16.6. The lowest BCUT2D eigenvalue weighted by Gasteiger charge is -2.08. The van der Waals surface area contributed by atoms with E-state index in [4.69, 9.17) is 0 Å². The molecule has 0 radical (unpaired) electrons. The lowest BCUT2D eigenvalue weighted by molar-refractivity contribution is -0.122. The van der Waals surface area contributed by atoms with Crippen LogP contribution in [0.5, 0.6) is 0 Å². The Labute approximate surface area is 167 Å². The first-order valence-corrected chi connectivity index (χ1v) is 9.69. The van der Waals surface area contributed by atoms with Gasteiger partial charge in [-0.05, 0) is 50.6 Å². The molecule has 0 saturated heterocycles. The van der Waals surface area contributed by atoms with Crippen LogP contribution >= 0.6 is 27.7 Å². The molecule has 2 N–H and O–H groups in total. The third-order valence-corrected chi connectivity index (χ3v) is 4.98. The maximum atomic E-state index is 12.0. The molecule has 27 heavy (non-hydrogen) atoms. The Morgan fingerprint density at radius 1 is 1.04 bits per heavy atom. The van der Waals surface area contributed by atoms with Crippen LogP contribution in [0.15, 0.2) is 64.2 Å². The molecule has 1 aromatic heterocycles. The van der Waals surface area contributed by atoms with Gasteiger partial charge in [-0.3, -0.25) is 9.59 Å². The Bertz CT molecular complexity index is 934. The summed E-state index contributed by atoms with van der Waals surface area (Å²) < 4.78 is 2.32. The summed E-state index contributed by atoms with van der Waals surface area (Å²) in [7, 11) is 0.